The SMILES string of the molecule is COCCn1c(C(=O)NC2CCS(=O)(=O)C2)cc2ccccc21. The Morgan fingerprint density at radius 1 is 1.39 bits per heavy atom. The van der Waals surface area contributed by atoms with E-state index >= 15 is 0 Å². The van der Waals surface area contributed by atoms with Crippen LogP contribution in [0.2, 0.25) is 0 Å². The van der Waals surface area contributed by atoms with Crippen LogP contribution in [0.15, 0.2) is 30.3 Å². The Hall–Kier alpha value is -1.86. The van der Waals surface area contributed by atoms with Crippen LogP contribution in [-0.4, -0.2) is 50.2 Å². The summed E-state index contributed by atoms with van der Waals surface area (Å²) in [5.74, 6) is -0.0684. The molecule has 0 radical (unpaired) electrons. The normalized spacial score (nSPS) is 20.0. The molecule has 0 bridgehead atoms. The number of benzene rings is 1. The van der Waals surface area contributed by atoms with E-state index in [4.69, 9.17) is 4.74 Å². The molecule has 0 aliphatic carbocycles. The van der Waals surface area contributed by atoms with E-state index in [9.17, 15) is 13.2 Å². The van der Waals surface area contributed by atoms with Crippen molar-refractivity contribution in [2.45, 2.75) is 19.0 Å². The topological polar surface area (TPSA) is 77.4 Å². The first-order valence-corrected chi connectivity index (χ1v) is 9.41. The molecule has 1 unspecified atom stereocenters. The third-order valence-corrected chi connectivity index (χ3v) is 5.90. The Morgan fingerprint density at radius 2 is 2.17 bits per heavy atom. The summed E-state index contributed by atoms with van der Waals surface area (Å²) in [4.78, 5) is 12.6. The molecule has 7 heteroatoms. The van der Waals surface area contributed by atoms with Crippen LogP contribution in [0.5, 0.6) is 0 Å². The molecule has 1 aromatic carbocycles. The molecule has 6 nitrogen and oxygen atoms in total. The lowest BCUT2D eigenvalue weighted by Crippen LogP contribution is -2.36. The largest absolute Gasteiger partial charge is 0.383 e. The smallest absolute Gasteiger partial charge is 0.268 e. The van der Waals surface area contributed by atoms with Gasteiger partial charge in [-0.15, -0.1) is 0 Å². The van der Waals surface area contributed by atoms with Crippen molar-refractivity contribution in [3.05, 3.63) is 36.0 Å². The second-order valence-corrected chi connectivity index (χ2v) is 8.03. The van der Waals surface area contributed by atoms with Gasteiger partial charge >= 0.3 is 0 Å². The molecule has 1 aliphatic heterocycles. The van der Waals surface area contributed by atoms with E-state index in [1.54, 1.807) is 7.11 Å². The van der Waals surface area contributed by atoms with E-state index in [1.165, 1.54) is 0 Å². The maximum absolute atomic E-state index is 12.6. The fourth-order valence-electron chi connectivity index (χ4n) is 2.99. The van der Waals surface area contributed by atoms with E-state index in [0.717, 1.165) is 10.9 Å². The Kier molecular flexibility index (Phi) is 4.41. The molecule has 1 aliphatic rings. The Morgan fingerprint density at radius 3 is 2.87 bits per heavy atom. The average Bonchev–Trinajstić information content (AvgIpc) is 3.05. The van der Waals surface area contributed by atoms with Crippen molar-refractivity contribution in [2.24, 2.45) is 0 Å². The fraction of sp³-hybridized carbons (Fsp3) is 0.438. The van der Waals surface area contributed by atoms with Gasteiger partial charge in [0, 0.05) is 30.6 Å². The summed E-state index contributed by atoms with van der Waals surface area (Å²) in [6, 6.07) is 9.30. The Labute approximate surface area is 135 Å². The number of aromatic nitrogens is 1. The van der Waals surface area contributed by atoms with E-state index < -0.39 is 9.84 Å². The van der Waals surface area contributed by atoms with Crippen molar-refractivity contribution < 1.29 is 17.9 Å². The summed E-state index contributed by atoms with van der Waals surface area (Å²) in [6.07, 6.45) is 0.479. The molecule has 2 heterocycles. The molecule has 2 aromatic rings. The first kappa shape index (κ1) is 16.0. The van der Waals surface area contributed by atoms with Gasteiger partial charge in [-0.05, 0) is 18.6 Å². The van der Waals surface area contributed by atoms with Gasteiger partial charge in [-0.2, -0.15) is 0 Å². The van der Waals surface area contributed by atoms with Crippen LogP contribution < -0.4 is 5.32 Å². The minimum absolute atomic E-state index is 0.0248. The predicted molar refractivity (Wildman–Crippen MR) is 88.3 cm³/mol. The monoisotopic (exact) mass is 336 g/mol. The van der Waals surface area contributed by atoms with Crippen LogP contribution >= 0.6 is 0 Å². The van der Waals surface area contributed by atoms with Crippen LogP contribution in [0.25, 0.3) is 10.9 Å². The van der Waals surface area contributed by atoms with E-state index in [2.05, 4.69) is 5.32 Å². The Balaban J connectivity index is 1.87. The summed E-state index contributed by atoms with van der Waals surface area (Å²) in [5.41, 5.74) is 1.50. The van der Waals surface area contributed by atoms with Crippen LogP contribution in [0, 0.1) is 0 Å². The number of carbonyl (C=O) groups is 1. The minimum Gasteiger partial charge on any atom is -0.383 e. The van der Waals surface area contributed by atoms with Gasteiger partial charge in [0.15, 0.2) is 9.84 Å². The van der Waals surface area contributed by atoms with Crippen molar-refractivity contribution in [1.82, 2.24) is 9.88 Å². The lowest BCUT2D eigenvalue weighted by molar-refractivity contribution is 0.0929. The number of nitrogens with zero attached hydrogens (tertiary/aromatic N) is 1. The second-order valence-electron chi connectivity index (χ2n) is 5.81. The molecule has 1 aromatic heterocycles. The molecular formula is C16H20N2O4S. The number of hydrogen-bond acceptors (Lipinski definition) is 4. The van der Waals surface area contributed by atoms with Crippen LogP contribution in [0.3, 0.4) is 0 Å². The van der Waals surface area contributed by atoms with E-state index in [0.29, 0.717) is 25.3 Å². The molecule has 1 N–H and O–H groups in total. The lowest BCUT2D eigenvalue weighted by Gasteiger charge is -2.13. The summed E-state index contributed by atoms with van der Waals surface area (Å²) in [7, 11) is -1.39. The summed E-state index contributed by atoms with van der Waals surface area (Å²) >= 11 is 0. The highest BCUT2D eigenvalue weighted by atomic mass is 32.2. The van der Waals surface area contributed by atoms with E-state index in [-0.39, 0.29) is 23.5 Å². The number of nitrogens with one attached hydrogen (secondary N) is 1. The van der Waals surface area contributed by atoms with Crippen molar-refractivity contribution in [2.75, 3.05) is 25.2 Å². The molecule has 0 saturated carbocycles. The second kappa shape index (κ2) is 6.33. The number of fused-ring (bicyclic) bond motifs is 1. The molecular weight excluding hydrogens is 316 g/mol. The number of ether oxygens (including phenoxy) is 1. The number of rotatable bonds is 5. The zero-order chi connectivity index (χ0) is 16.4. The predicted octanol–water partition coefficient (Wildman–Crippen LogP) is 1.20. The van der Waals surface area contributed by atoms with Gasteiger partial charge in [-0.1, -0.05) is 18.2 Å². The third kappa shape index (κ3) is 3.40. The van der Waals surface area contributed by atoms with Crippen molar-refractivity contribution in [1.29, 1.82) is 0 Å². The van der Waals surface area contributed by atoms with Gasteiger partial charge in [-0.25, -0.2) is 8.42 Å². The van der Waals surface area contributed by atoms with Gasteiger partial charge in [0.2, 0.25) is 0 Å². The minimum atomic E-state index is -3.01. The maximum atomic E-state index is 12.6. The highest BCUT2D eigenvalue weighted by molar-refractivity contribution is 7.91. The first-order valence-electron chi connectivity index (χ1n) is 7.59. The number of methoxy groups -OCH3 is 1. The molecule has 124 valence electrons. The molecule has 1 atom stereocenters. The van der Waals surface area contributed by atoms with Gasteiger partial charge in [0.05, 0.1) is 18.1 Å². The standard InChI is InChI=1S/C16H20N2O4S/c1-22-8-7-18-14-5-3-2-4-12(14)10-15(18)16(19)17-13-6-9-23(20,21)11-13/h2-5,10,13H,6-9,11H2,1H3,(H,17,19). The van der Waals surface area contributed by atoms with Crippen LogP contribution in [-0.2, 0) is 21.1 Å². The third-order valence-electron chi connectivity index (χ3n) is 4.13. The highest BCUT2D eigenvalue weighted by Gasteiger charge is 2.29. The number of hydrogen-bond donors (Lipinski definition) is 1. The fourth-order valence-corrected chi connectivity index (χ4v) is 4.66. The van der Waals surface area contributed by atoms with Crippen LogP contribution in [0.4, 0.5) is 0 Å². The van der Waals surface area contributed by atoms with Crippen LogP contribution in [0.1, 0.15) is 16.9 Å². The van der Waals surface area contributed by atoms with Crippen molar-refractivity contribution in [3.8, 4) is 0 Å². The molecule has 3 rings (SSSR count). The zero-order valence-electron chi connectivity index (χ0n) is 13.0. The van der Waals surface area contributed by atoms with Crippen molar-refractivity contribution in [3.63, 3.8) is 0 Å². The number of sulfone groups is 1. The molecule has 23 heavy (non-hydrogen) atoms. The molecule has 1 amide bonds. The maximum Gasteiger partial charge on any atom is 0.268 e. The van der Waals surface area contributed by atoms with Gasteiger partial charge in [0.1, 0.15) is 5.69 Å². The highest BCUT2D eigenvalue weighted by Crippen LogP contribution is 2.20. The summed E-state index contributed by atoms with van der Waals surface area (Å²) in [5, 5.41) is 3.83. The van der Waals surface area contributed by atoms with E-state index in [1.807, 2.05) is 34.9 Å². The van der Waals surface area contributed by atoms with Gasteiger partial charge in [-0.3, -0.25) is 4.79 Å². The number of para-hydroxylation sites is 1. The molecule has 0 spiro atoms. The average molecular weight is 336 g/mol. The van der Waals surface area contributed by atoms with Gasteiger partial charge < -0.3 is 14.6 Å². The zero-order valence-corrected chi connectivity index (χ0v) is 13.8. The number of amides is 1. The molecule has 1 fully saturated rings. The molecule has 1 saturated heterocycles. The lowest BCUT2D eigenvalue weighted by atomic mass is 10.2. The summed E-state index contributed by atoms with van der Waals surface area (Å²) < 4.78 is 30.1. The van der Waals surface area contributed by atoms with Crippen molar-refractivity contribution >= 4 is 26.6 Å². The Bertz CT molecular complexity index is 826. The van der Waals surface area contributed by atoms with Gasteiger partial charge in [0.25, 0.3) is 5.91 Å². The quantitative estimate of drug-likeness (QED) is 0.890. The first-order chi connectivity index (χ1) is 11.0. The summed E-state index contributed by atoms with van der Waals surface area (Å²) in [6.45, 7) is 1.06. The number of carbonyl (C=O) groups excluding carboxylic acids is 1.